The van der Waals surface area contributed by atoms with Crippen molar-refractivity contribution >= 4 is 17.8 Å². The molecule has 0 saturated carbocycles. The van der Waals surface area contributed by atoms with E-state index < -0.39 is 5.97 Å². The standard InChI is InChI=1S/C21H22N2O5/c1-15-5-4-6-16(13-15)28-14-19(24)22-9-11-23(12-10-22)20(25)17-7-2-3-8-18(17)21(26)27/h2-8,13H,9-12,14H2,1H3,(H,26,27). The van der Waals surface area contributed by atoms with Crippen molar-refractivity contribution in [3.8, 4) is 5.75 Å². The molecule has 1 aliphatic rings. The summed E-state index contributed by atoms with van der Waals surface area (Å²) in [7, 11) is 0. The smallest absolute Gasteiger partial charge is 0.336 e. The number of aromatic carboxylic acids is 1. The third-order valence-corrected chi connectivity index (χ3v) is 4.66. The van der Waals surface area contributed by atoms with Gasteiger partial charge in [-0.3, -0.25) is 9.59 Å². The van der Waals surface area contributed by atoms with Crippen molar-refractivity contribution in [1.82, 2.24) is 9.80 Å². The molecule has 1 fully saturated rings. The maximum absolute atomic E-state index is 12.7. The van der Waals surface area contributed by atoms with Crippen molar-refractivity contribution in [2.24, 2.45) is 0 Å². The molecule has 0 bridgehead atoms. The molecule has 7 heteroatoms. The Labute approximate surface area is 163 Å². The van der Waals surface area contributed by atoms with E-state index in [0.717, 1.165) is 5.56 Å². The minimum Gasteiger partial charge on any atom is -0.484 e. The first-order valence-electron chi connectivity index (χ1n) is 9.04. The molecule has 1 N–H and O–H groups in total. The number of carbonyl (C=O) groups is 3. The van der Waals surface area contributed by atoms with Crippen molar-refractivity contribution in [1.29, 1.82) is 0 Å². The zero-order valence-corrected chi connectivity index (χ0v) is 15.6. The Morgan fingerprint density at radius 2 is 1.57 bits per heavy atom. The molecule has 7 nitrogen and oxygen atoms in total. The highest BCUT2D eigenvalue weighted by molar-refractivity contribution is 6.04. The summed E-state index contributed by atoms with van der Waals surface area (Å²) in [5.41, 5.74) is 1.20. The van der Waals surface area contributed by atoms with Crippen LogP contribution < -0.4 is 4.74 Å². The van der Waals surface area contributed by atoms with Gasteiger partial charge in [0.05, 0.1) is 11.1 Å². The van der Waals surface area contributed by atoms with E-state index in [-0.39, 0.29) is 29.5 Å². The lowest BCUT2D eigenvalue weighted by Crippen LogP contribution is -2.51. The second kappa shape index (κ2) is 8.56. The lowest BCUT2D eigenvalue weighted by Gasteiger charge is -2.35. The van der Waals surface area contributed by atoms with Crippen molar-refractivity contribution in [2.45, 2.75) is 6.92 Å². The molecule has 2 aromatic rings. The number of aryl methyl sites for hydroxylation is 1. The number of piperazine rings is 1. The molecule has 0 radical (unpaired) electrons. The number of benzene rings is 2. The minimum atomic E-state index is -1.13. The van der Waals surface area contributed by atoms with Gasteiger partial charge in [0.1, 0.15) is 5.75 Å². The highest BCUT2D eigenvalue weighted by Gasteiger charge is 2.27. The lowest BCUT2D eigenvalue weighted by atomic mass is 10.1. The Bertz CT molecular complexity index is 888. The van der Waals surface area contributed by atoms with Gasteiger partial charge < -0.3 is 19.6 Å². The van der Waals surface area contributed by atoms with E-state index in [1.54, 1.807) is 28.0 Å². The number of hydrogen-bond acceptors (Lipinski definition) is 4. The number of ether oxygens (including phenoxy) is 1. The van der Waals surface area contributed by atoms with Crippen LogP contribution in [0.2, 0.25) is 0 Å². The van der Waals surface area contributed by atoms with Crippen molar-refractivity contribution in [2.75, 3.05) is 32.8 Å². The van der Waals surface area contributed by atoms with Crippen LogP contribution in [0.1, 0.15) is 26.3 Å². The van der Waals surface area contributed by atoms with Crippen molar-refractivity contribution in [3.05, 3.63) is 65.2 Å². The summed E-state index contributed by atoms with van der Waals surface area (Å²) in [6, 6.07) is 13.6. The molecule has 0 unspecified atom stereocenters. The Hall–Kier alpha value is -3.35. The average Bonchev–Trinajstić information content (AvgIpc) is 2.71. The zero-order valence-electron chi connectivity index (χ0n) is 15.6. The van der Waals surface area contributed by atoms with Crippen LogP contribution in [0, 0.1) is 6.92 Å². The topological polar surface area (TPSA) is 87.2 Å². The third-order valence-electron chi connectivity index (χ3n) is 4.66. The number of hydrogen-bond donors (Lipinski definition) is 1. The van der Waals surface area contributed by atoms with Gasteiger partial charge in [0.25, 0.3) is 11.8 Å². The Morgan fingerprint density at radius 1 is 0.929 bits per heavy atom. The quantitative estimate of drug-likeness (QED) is 0.855. The van der Waals surface area contributed by atoms with Crippen LogP contribution in [-0.2, 0) is 4.79 Å². The average molecular weight is 382 g/mol. The predicted octanol–water partition coefficient (Wildman–Crippen LogP) is 2.06. The molecule has 0 spiro atoms. The second-order valence-electron chi connectivity index (χ2n) is 6.63. The molecule has 2 aromatic carbocycles. The Balaban J connectivity index is 1.55. The molecule has 28 heavy (non-hydrogen) atoms. The van der Waals surface area contributed by atoms with E-state index in [1.165, 1.54) is 12.1 Å². The van der Waals surface area contributed by atoms with Crippen molar-refractivity contribution < 1.29 is 24.2 Å². The first kappa shape index (κ1) is 19.4. The van der Waals surface area contributed by atoms with Crippen LogP contribution in [0.4, 0.5) is 0 Å². The fourth-order valence-electron chi connectivity index (χ4n) is 3.13. The predicted molar refractivity (Wildman–Crippen MR) is 103 cm³/mol. The van der Waals surface area contributed by atoms with Gasteiger partial charge in [-0.05, 0) is 36.8 Å². The molecule has 2 amide bonds. The monoisotopic (exact) mass is 382 g/mol. The lowest BCUT2D eigenvalue weighted by molar-refractivity contribution is -0.134. The summed E-state index contributed by atoms with van der Waals surface area (Å²) in [5.74, 6) is -0.959. The van der Waals surface area contributed by atoms with E-state index in [4.69, 9.17) is 4.74 Å². The maximum Gasteiger partial charge on any atom is 0.336 e. The number of rotatable bonds is 5. The SMILES string of the molecule is Cc1cccc(OCC(=O)N2CCN(C(=O)c3ccccc3C(=O)O)CC2)c1. The molecule has 1 heterocycles. The van der Waals surface area contributed by atoms with Crippen LogP contribution >= 0.6 is 0 Å². The number of carboxylic acids is 1. The molecule has 1 aliphatic heterocycles. The Morgan fingerprint density at radius 3 is 2.21 bits per heavy atom. The van der Waals surface area contributed by atoms with Gasteiger partial charge in [-0.2, -0.15) is 0 Å². The highest BCUT2D eigenvalue weighted by atomic mass is 16.5. The van der Waals surface area contributed by atoms with Gasteiger partial charge >= 0.3 is 5.97 Å². The molecule has 1 saturated heterocycles. The van der Waals surface area contributed by atoms with Gasteiger partial charge in [-0.15, -0.1) is 0 Å². The van der Waals surface area contributed by atoms with Crippen LogP contribution in [0.3, 0.4) is 0 Å². The van der Waals surface area contributed by atoms with Gasteiger partial charge in [-0.25, -0.2) is 4.79 Å². The largest absolute Gasteiger partial charge is 0.484 e. The van der Waals surface area contributed by atoms with E-state index in [0.29, 0.717) is 31.9 Å². The summed E-state index contributed by atoms with van der Waals surface area (Å²) in [5, 5.41) is 9.26. The summed E-state index contributed by atoms with van der Waals surface area (Å²) in [6.07, 6.45) is 0. The molecule has 0 aliphatic carbocycles. The Kier molecular flexibility index (Phi) is 5.93. The maximum atomic E-state index is 12.7. The first-order valence-corrected chi connectivity index (χ1v) is 9.04. The van der Waals surface area contributed by atoms with Crippen LogP contribution in [0.5, 0.6) is 5.75 Å². The summed E-state index contributed by atoms with van der Waals surface area (Å²) >= 11 is 0. The number of amides is 2. The van der Waals surface area contributed by atoms with Crippen molar-refractivity contribution in [3.63, 3.8) is 0 Å². The molecule has 3 rings (SSSR count). The molecular formula is C21H22N2O5. The van der Waals surface area contributed by atoms with E-state index in [2.05, 4.69) is 0 Å². The van der Waals surface area contributed by atoms with E-state index >= 15 is 0 Å². The third kappa shape index (κ3) is 4.49. The van der Waals surface area contributed by atoms with E-state index in [1.807, 2.05) is 25.1 Å². The number of nitrogens with zero attached hydrogens (tertiary/aromatic N) is 2. The molecule has 0 aromatic heterocycles. The van der Waals surface area contributed by atoms with Crippen LogP contribution in [0.15, 0.2) is 48.5 Å². The summed E-state index contributed by atoms with van der Waals surface area (Å²) in [4.78, 5) is 39.6. The summed E-state index contributed by atoms with van der Waals surface area (Å²) < 4.78 is 5.55. The zero-order chi connectivity index (χ0) is 20.1. The van der Waals surface area contributed by atoms with E-state index in [9.17, 15) is 19.5 Å². The van der Waals surface area contributed by atoms with Gasteiger partial charge in [0.2, 0.25) is 0 Å². The van der Waals surface area contributed by atoms with Gasteiger partial charge in [-0.1, -0.05) is 24.3 Å². The fraction of sp³-hybridized carbons (Fsp3) is 0.286. The second-order valence-corrected chi connectivity index (χ2v) is 6.63. The molecular weight excluding hydrogens is 360 g/mol. The normalized spacial score (nSPS) is 13.9. The first-order chi connectivity index (χ1) is 13.5. The number of carbonyl (C=O) groups excluding carboxylic acids is 2. The minimum absolute atomic E-state index is 0.0161. The number of carboxylic acid groups (broad SMARTS) is 1. The summed E-state index contributed by atoms with van der Waals surface area (Å²) in [6.45, 7) is 3.37. The highest BCUT2D eigenvalue weighted by Crippen LogP contribution is 2.15. The molecule has 146 valence electrons. The van der Waals surface area contributed by atoms with Crippen LogP contribution in [-0.4, -0.2) is 65.5 Å². The molecule has 0 atom stereocenters. The fourth-order valence-corrected chi connectivity index (χ4v) is 3.13. The van der Waals surface area contributed by atoms with Gasteiger partial charge in [0.15, 0.2) is 6.61 Å². The van der Waals surface area contributed by atoms with Gasteiger partial charge in [0, 0.05) is 26.2 Å². The van der Waals surface area contributed by atoms with Crippen LogP contribution in [0.25, 0.3) is 0 Å².